The Kier molecular flexibility index (Phi) is 5.83. The highest BCUT2D eigenvalue weighted by Crippen LogP contribution is 2.19. The van der Waals surface area contributed by atoms with Crippen LogP contribution in [0.2, 0.25) is 10.0 Å². The Bertz CT molecular complexity index is 656. The number of carbonyl (C=O) groups excluding carboxylic acids is 1. The van der Waals surface area contributed by atoms with Crippen LogP contribution in [0.5, 0.6) is 0 Å². The lowest BCUT2D eigenvalue weighted by Gasteiger charge is -2.15. The highest BCUT2D eigenvalue weighted by atomic mass is 35.5. The number of amides is 1. The van der Waals surface area contributed by atoms with Gasteiger partial charge in [-0.2, -0.15) is 0 Å². The number of halogens is 2. The summed E-state index contributed by atoms with van der Waals surface area (Å²) in [5.41, 5.74) is 2.79. The molecule has 2 aromatic rings. The van der Waals surface area contributed by atoms with Gasteiger partial charge in [0.1, 0.15) is 0 Å². The largest absolute Gasteiger partial charge is 0.325 e. The average molecular weight is 337 g/mol. The van der Waals surface area contributed by atoms with Crippen LogP contribution in [0.1, 0.15) is 24.1 Å². The van der Waals surface area contributed by atoms with Gasteiger partial charge in [0.2, 0.25) is 5.91 Å². The van der Waals surface area contributed by atoms with Crippen molar-refractivity contribution in [3.63, 3.8) is 0 Å². The second-order valence-corrected chi connectivity index (χ2v) is 6.03. The van der Waals surface area contributed by atoms with E-state index in [2.05, 4.69) is 10.6 Å². The Labute approximate surface area is 140 Å². The Morgan fingerprint density at radius 3 is 2.36 bits per heavy atom. The fourth-order valence-corrected chi connectivity index (χ4v) is 2.43. The standard InChI is InChI=1S/C17H18Cl2N2O/c1-11-9-15(19)7-8-16(11)21-17(22)10-20-12(2)13-3-5-14(18)6-4-13/h3-9,12,20H,10H2,1-2H3,(H,21,22)/t12-/m1/s1. The molecule has 0 bridgehead atoms. The molecule has 3 nitrogen and oxygen atoms in total. The number of anilines is 1. The minimum atomic E-state index is -0.0914. The first kappa shape index (κ1) is 16.8. The van der Waals surface area contributed by atoms with Gasteiger partial charge in [0.05, 0.1) is 6.54 Å². The van der Waals surface area contributed by atoms with Crippen LogP contribution in [0.15, 0.2) is 42.5 Å². The van der Waals surface area contributed by atoms with Crippen molar-refractivity contribution >= 4 is 34.8 Å². The molecule has 0 aliphatic carbocycles. The molecule has 0 radical (unpaired) electrons. The van der Waals surface area contributed by atoms with E-state index >= 15 is 0 Å². The fourth-order valence-electron chi connectivity index (χ4n) is 2.08. The van der Waals surface area contributed by atoms with Gasteiger partial charge in [-0.3, -0.25) is 4.79 Å². The zero-order chi connectivity index (χ0) is 16.1. The summed E-state index contributed by atoms with van der Waals surface area (Å²) in [6.45, 7) is 4.14. The molecular weight excluding hydrogens is 319 g/mol. The maximum atomic E-state index is 12.0. The van der Waals surface area contributed by atoms with Gasteiger partial charge in [0.25, 0.3) is 0 Å². The van der Waals surface area contributed by atoms with Crippen molar-refractivity contribution in [2.24, 2.45) is 0 Å². The molecular formula is C17H18Cl2N2O. The lowest BCUT2D eigenvalue weighted by atomic mass is 10.1. The molecule has 116 valence electrons. The van der Waals surface area contributed by atoms with E-state index in [1.54, 1.807) is 12.1 Å². The van der Waals surface area contributed by atoms with Gasteiger partial charge in [-0.05, 0) is 55.3 Å². The number of hydrogen-bond donors (Lipinski definition) is 2. The Morgan fingerprint density at radius 2 is 1.73 bits per heavy atom. The number of rotatable bonds is 5. The molecule has 1 amide bonds. The molecule has 0 aromatic heterocycles. The van der Waals surface area contributed by atoms with Crippen LogP contribution in [0.4, 0.5) is 5.69 Å². The predicted octanol–water partition coefficient (Wildman–Crippen LogP) is 4.59. The third-order valence-electron chi connectivity index (χ3n) is 3.40. The quantitative estimate of drug-likeness (QED) is 0.838. The highest BCUT2D eigenvalue weighted by molar-refractivity contribution is 6.31. The smallest absolute Gasteiger partial charge is 0.238 e. The molecule has 0 unspecified atom stereocenters. The van der Waals surface area contributed by atoms with E-state index in [0.717, 1.165) is 16.8 Å². The fraction of sp³-hybridized carbons (Fsp3) is 0.235. The summed E-state index contributed by atoms with van der Waals surface area (Å²) in [5, 5.41) is 7.42. The monoisotopic (exact) mass is 336 g/mol. The van der Waals surface area contributed by atoms with Gasteiger partial charge in [0, 0.05) is 21.8 Å². The molecule has 0 fully saturated rings. The van der Waals surface area contributed by atoms with Crippen molar-refractivity contribution in [3.8, 4) is 0 Å². The van der Waals surface area contributed by atoms with E-state index in [1.807, 2.05) is 44.2 Å². The van der Waals surface area contributed by atoms with Gasteiger partial charge >= 0.3 is 0 Å². The predicted molar refractivity (Wildman–Crippen MR) is 92.7 cm³/mol. The zero-order valence-electron chi connectivity index (χ0n) is 12.5. The van der Waals surface area contributed by atoms with Crippen molar-refractivity contribution in [1.29, 1.82) is 0 Å². The first-order chi connectivity index (χ1) is 10.5. The normalized spacial score (nSPS) is 12.0. The molecule has 0 aliphatic heterocycles. The second kappa shape index (κ2) is 7.63. The molecule has 0 aliphatic rings. The molecule has 5 heteroatoms. The lowest BCUT2D eigenvalue weighted by molar-refractivity contribution is -0.115. The van der Waals surface area contributed by atoms with E-state index < -0.39 is 0 Å². The third kappa shape index (κ3) is 4.73. The van der Waals surface area contributed by atoms with Crippen molar-refractivity contribution in [1.82, 2.24) is 5.32 Å². The zero-order valence-corrected chi connectivity index (χ0v) is 14.0. The van der Waals surface area contributed by atoms with E-state index in [9.17, 15) is 4.79 Å². The molecule has 2 rings (SSSR count). The van der Waals surface area contributed by atoms with Gasteiger partial charge in [0.15, 0.2) is 0 Å². The van der Waals surface area contributed by atoms with Gasteiger partial charge in [-0.1, -0.05) is 35.3 Å². The van der Waals surface area contributed by atoms with Crippen LogP contribution in [0, 0.1) is 6.92 Å². The molecule has 0 spiro atoms. The van der Waals surface area contributed by atoms with E-state index in [4.69, 9.17) is 23.2 Å². The molecule has 2 aromatic carbocycles. The first-order valence-corrected chi connectivity index (χ1v) is 7.76. The molecule has 1 atom stereocenters. The number of hydrogen-bond acceptors (Lipinski definition) is 2. The van der Waals surface area contributed by atoms with Crippen LogP contribution in [-0.2, 0) is 4.79 Å². The Morgan fingerprint density at radius 1 is 1.09 bits per heavy atom. The van der Waals surface area contributed by atoms with Gasteiger partial charge in [-0.15, -0.1) is 0 Å². The van der Waals surface area contributed by atoms with Crippen molar-refractivity contribution in [2.45, 2.75) is 19.9 Å². The Hall–Kier alpha value is -1.55. The maximum absolute atomic E-state index is 12.0. The topological polar surface area (TPSA) is 41.1 Å². The highest BCUT2D eigenvalue weighted by Gasteiger charge is 2.09. The molecule has 2 N–H and O–H groups in total. The lowest BCUT2D eigenvalue weighted by Crippen LogP contribution is -2.30. The summed E-state index contributed by atoms with van der Waals surface area (Å²) >= 11 is 11.8. The molecule has 22 heavy (non-hydrogen) atoms. The molecule has 0 saturated carbocycles. The van der Waals surface area contributed by atoms with E-state index in [-0.39, 0.29) is 18.5 Å². The second-order valence-electron chi connectivity index (χ2n) is 5.16. The van der Waals surface area contributed by atoms with Crippen LogP contribution < -0.4 is 10.6 Å². The van der Waals surface area contributed by atoms with E-state index in [1.165, 1.54) is 0 Å². The first-order valence-electron chi connectivity index (χ1n) is 7.00. The summed E-state index contributed by atoms with van der Waals surface area (Å²) in [5.74, 6) is -0.0914. The molecule has 0 saturated heterocycles. The minimum Gasteiger partial charge on any atom is -0.325 e. The SMILES string of the molecule is Cc1cc(Cl)ccc1NC(=O)CN[C@H](C)c1ccc(Cl)cc1. The summed E-state index contributed by atoms with van der Waals surface area (Å²) in [6.07, 6.45) is 0. The van der Waals surface area contributed by atoms with Crippen LogP contribution in [0.25, 0.3) is 0 Å². The summed E-state index contributed by atoms with van der Waals surface area (Å²) in [4.78, 5) is 12.0. The minimum absolute atomic E-state index is 0.0642. The number of benzene rings is 2. The van der Waals surface area contributed by atoms with Crippen LogP contribution in [0.3, 0.4) is 0 Å². The molecule has 0 heterocycles. The Balaban J connectivity index is 1.88. The maximum Gasteiger partial charge on any atom is 0.238 e. The third-order valence-corrected chi connectivity index (χ3v) is 3.89. The van der Waals surface area contributed by atoms with Crippen LogP contribution >= 0.6 is 23.2 Å². The van der Waals surface area contributed by atoms with Crippen LogP contribution in [-0.4, -0.2) is 12.5 Å². The summed E-state index contributed by atoms with van der Waals surface area (Å²) in [6, 6.07) is 13.0. The number of nitrogens with one attached hydrogen (secondary N) is 2. The average Bonchev–Trinajstić information content (AvgIpc) is 2.48. The summed E-state index contributed by atoms with van der Waals surface area (Å²) in [7, 11) is 0. The summed E-state index contributed by atoms with van der Waals surface area (Å²) < 4.78 is 0. The van der Waals surface area contributed by atoms with Gasteiger partial charge < -0.3 is 10.6 Å². The van der Waals surface area contributed by atoms with Crippen molar-refractivity contribution in [2.75, 3.05) is 11.9 Å². The van der Waals surface area contributed by atoms with Gasteiger partial charge in [-0.25, -0.2) is 0 Å². The van der Waals surface area contributed by atoms with Crippen molar-refractivity contribution in [3.05, 3.63) is 63.6 Å². The van der Waals surface area contributed by atoms with Crippen molar-refractivity contribution < 1.29 is 4.79 Å². The number of aryl methyl sites for hydroxylation is 1. The van der Waals surface area contributed by atoms with E-state index in [0.29, 0.717) is 10.0 Å². The number of carbonyl (C=O) groups is 1.